The highest BCUT2D eigenvalue weighted by Gasteiger charge is 2.28. The number of hydrogen-bond donors (Lipinski definition) is 1. The number of nitrogens with zero attached hydrogens (tertiary/aromatic N) is 4. The highest BCUT2D eigenvalue weighted by atomic mass is 16.2. The van der Waals surface area contributed by atoms with Crippen LogP contribution in [-0.2, 0) is 7.05 Å². The lowest BCUT2D eigenvalue weighted by Gasteiger charge is -2.31. The molecule has 3 aromatic rings. The molecule has 1 atom stereocenters. The van der Waals surface area contributed by atoms with E-state index in [4.69, 9.17) is 4.98 Å². The first-order valence-electron chi connectivity index (χ1n) is 8.36. The number of rotatable bonds is 2. The topological polar surface area (TPSA) is 66.8 Å². The van der Waals surface area contributed by atoms with Crippen LogP contribution < -0.4 is 0 Å². The SMILES string of the molecule is Cc1cccc2[nH]c(C3CCCN(C(=O)c4ccn(C)n4)C3)nc12. The fourth-order valence-electron chi connectivity index (χ4n) is 3.46. The number of nitrogens with one attached hydrogen (secondary N) is 1. The fraction of sp³-hybridized carbons (Fsp3) is 0.389. The monoisotopic (exact) mass is 323 g/mol. The van der Waals surface area contributed by atoms with Crippen molar-refractivity contribution in [1.29, 1.82) is 0 Å². The van der Waals surface area contributed by atoms with Crippen LogP contribution >= 0.6 is 0 Å². The van der Waals surface area contributed by atoms with Crippen molar-refractivity contribution in [2.24, 2.45) is 7.05 Å². The lowest BCUT2D eigenvalue weighted by atomic mass is 9.97. The normalized spacial score (nSPS) is 18.2. The van der Waals surface area contributed by atoms with Crippen molar-refractivity contribution >= 4 is 16.9 Å². The zero-order chi connectivity index (χ0) is 16.7. The van der Waals surface area contributed by atoms with Crippen LogP contribution in [0, 0.1) is 6.92 Å². The Morgan fingerprint density at radius 2 is 2.21 bits per heavy atom. The van der Waals surface area contributed by atoms with Crippen LogP contribution in [0.4, 0.5) is 0 Å². The van der Waals surface area contributed by atoms with E-state index in [1.807, 2.05) is 18.0 Å². The fourth-order valence-corrected chi connectivity index (χ4v) is 3.46. The summed E-state index contributed by atoms with van der Waals surface area (Å²) in [7, 11) is 1.83. The summed E-state index contributed by atoms with van der Waals surface area (Å²) >= 11 is 0. The molecule has 1 saturated heterocycles. The third-order valence-corrected chi connectivity index (χ3v) is 4.76. The molecular formula is C18H21N5O. The summed E-state index contributed by atoms with van der Waals surface area (Å²) in [4.78, 5) is 22.8. The Bertz CT molecular complexity index is 894. The Labute approximate surface area is 140 Å². The first kappa shape index (κ1) is 14.9. The molecule has 6 nitrogen and oxygen atoms in total. The molecule has 24 heavy (non-hydrogen) atoms. The van der Waals surface area contributed by atoms with Crippen LogP contribution in [0.1, 0.15) is 40.6 Å². The van der Waals surface area contributed by atoms with Gasteiger partial charge < -0.3 is 9.88 Å². The van der Waals surface area contributed by atoms with E-state index in [2.05, 4.69) is 29.1 Å². The van der Waals surface area contributed by atoms with Crippen LogP contribution in [0.3, 0.4) is 0 Å². The number of fused-ring (bicyclic) bond motifs is 1. The number of amides is 1. The molecule has 3 heterocycles. The largest absolute Gasteiger partial charge is 0.342 e. The average molecular weight is 323 g/mol. The minimum atomic E-state index is 0.00703. The van der Waals surface area contributed by atoms with Gasteiger partial charge in [0.05, 0.1) is 11.0 Å². The molecule has 0 radical (unpaired) electrons. The molecule has 1 aromatic carbocycles. The summed E-state index contributed by atoms with van der Waals surface area (Å²) in [6.07, 6.45) is 3.83. The summed E-state index contributed by atoms with van der Waals surface area (Å²) in [5.41, 5.74) is 3.78. The van der Waals surface area contributed by atoms with Gasteiger partial charge in [-0.2, -0.15) is 5.10 Å². The maximum atomic E-state index is 12.6. The Morgan fingerprint density at radius 1 is 1.33 bits per heavy atom. The quantitative estimate of drug-likeness (QED) is 0.788. The number of aryl methyl sites for hydroxylation is 2. The molecule has 1 aliphatic heterocycles. The van der Waals surface area contributed by atoms with Crippen LogP contribution in [0.2, 0.25) is 0 Å². The van der Waals surface area contributed by atoms with Crippen molar-refractivity contribution in [3.8, 4) is 0 Å². The number of para-hydroxylation sites is 1. The van der Waals surface area contributed by atoms with E-state index in [1.54, 1.807) is 16.9 Å². The summed E-state index contributed by atoms with van der Waals surface area (Å²) in [6.45, 7) is 3.55. The Morgan fingerprint density at radius 3 is 2.96 bits per heavy atom. The van der Waals surface area contributed by atoms with E-state index < -0.39 is 0 Å². The van der Waals surface area contributed by atoms with Gasteiger partial charge in [-0.25, -0.2) is 4.98 Å². The number of benzene rings is 1. The lowest BCUT2D eigenvalue weighted by Crippen LogP contribution is -2.39. The summed E-state index contributed by atoms with van der Waals surface area (Å²) in [5, 5.41) is 4.23. The van der Waals surface area contributed by atoms with Gasteiger partial charge in [-0.3, -0.25) is 9.48 Å². The molecule has 1 N–H and O–H groups in total. The third-order valence-electron chi connectivity index (χ3n) is 4.76. The predicted octanol–water partition coefficient (Wildman–Crippen LogP) is 2.62. The van der Waals surface area contributed by atoms with Gasteiger partial charge in [0, 0.05) is 32.3 Å². The van der Waals surface area contributed by atoms with Crippen molar-refractivity contribution < 1.29 is 4.79 Å². The maximum Gasteiger partial charge on any atom is 0.274 e. The Balaban J connectivity index is 1.57. The van der Waals surface area contributed by atoms with E-state index >= 15 is 0 Å². The second-order valence-corrected chi connectivity index (χ2v) is 6.56. The zero-order valence-electron chi connectivity index (χ0n) is 14.0. The number of carbonyl (C=O) groups excluding carboxylic acids is 1. The number of imidazole rings is 1. The smallest absolute Gasteiger partial charge is 0.274 e. The number of aromatic amines is 1. The van der Waals surface area contributed by atoms with Gasteiger partial charge in [0.15, 0.2) is 0 Å². The van der Waals surface area contributed by atoms with Gasteiger partial charge >= 0.3 is 0 Å². The highest BCUT2D eigenvalue weighted by Crippen LogP contribution is 2.28. The van der Waals surface area contributed by atoms with Crippen LogP contribution in [0.15, 0.2) is 30.5 Å². The first-order chi connectivity index (χ1) is 11.6. The summed E-state index contributed by atoms with van der Waals surface area (Å²) in [6, 6.07) is 7.94. The predicted molar refractivity (Wildman–Crippen MR) is 91.9 cm³/mol. The van der Waals surface area contributed by atoms with Gasteiger partial charge in [-0.15, -0.1) is 0 Å². The molecule has 1 amide bonds. The molecule has 1 aliphatic rings. The number of hydrogen-bond acceptors (Lipinski definition) is 3. The molecule has 0 aliphatic carbocycles. The number of aromatic nitrogens is 4. The molecule has 2 aromatic heterocycles. The van der Waals surface area contributed by atoms with E-state index in [-0.39, 0.29) is 11.8 Å². The molecule has 6 heteroatoms. The van der Waals surface area contributed by atoms with E-state index in [1.165, 1.54) is 5.56 Å². The first-order valence-corrected chi connectivity index (χ1v) is 8.36. The summed E-state index contributed by atoms with van der Waals surface area (Å²) < 4.78 is 1.66. The van der Waals surface area contributed by atoms with Crippen molar-refractivity contribution in [2.75, 3.05) is 13.1 Å². The third kappa shape index (κ3) is 2.58. The van der Waals surface area contributed by atoms with E-state index in [0.29, 0.717) is 12.2 Å². The number of likely N-dealkylation sites (tertiary alicyclic amines) is 1. The van der Waals surface area contributed by atoms with Gasteiger partial charge in [0.2, 0.25) is 0 Å². The summed E-state index contributed by atoms with van der Waals surface area (Å²) in [5.74, 6) is 1.24. The Kier molecular flexibility index (Phi) is 3.59. The van der Waals surface area contributed by atoms with E-state index in [0.717, 1.165) is 36.2 Å². The van der Waals surface area contributed by atoms with Gasteiger partial charge in [0.25, 0.3) is 5.91 Å². The van der Waals surface area contributed by atoms with Crippen molar-refractivity contribution in [2.45, 2.75) is 25.7 Å². The molecule has 0 spiro atoms. The Hall–Kier alpha value is -2.63. The zero-order valence-corrected chi connectivity index (χ0v) is 14.0. The minimum absolute atomic E-state index is 0.00703. The van der Waals surface area contributed by atoms with Crippen molar-refractivity contribution in [1.82, 2.24) is 24.6 Å². The second kappa shape index (κ2) is 5.78. The van der Waals surface area contributed by atoms with Crippen LogP contribution in [0.25, 0.3) is 11.0 Å². The van der Waals surface area contributed by atoms with Crippen molar-refractivity contribution in [3.63, 3.8) is 0 Å². The number of H-pyrrole nitrogens is 1. The van der Waals surface area contributed by atoms with Gasteiger partial charge in [-0.1, -0.05) is 12.1 Å². The molecule has 1 fully saturated rings. The molecule has 124 valence electrons. The second-order valence-electron chi connectivity index (χ2n) is 6.56. The number of piperidine rings is 1. The molecule has 1 unspecified atom stereocenters. The minimum Gasteiger partial charge on any atom is -0.342 e. The van der Waals surface area contributed by atoms with Gasteiger partial charge in [-0.05, 0) is 37.5 Å². The van der Waals surface area contributed by atoms with Crippen LogP contribution in [0.5, 0.6) is 0 Å². The molecular weight excluding hydrogens is 302 g/mol. The average Bonchev–Trinajstić information content (AvgIpc) is 3.21. The highest BCUT2D eigenvalue weighted by molar-refractivity contribution is 5.92. The molecule has 4 rings (SSSR count). The molecule has 0 saturated carbocycles. The maximum absolute atomic E-state index is 12.6. The standard InChI is InChI=1S/C18H21N5O/c1-12-5-3-7-14-16(12)20-17(19-14)13-6-4-9-23(11-13)18(24)15-8-10-22(2)21-15/h3,5,7-8,10,13H,4,6,9,11H2,1-2H3,(H,19,20). The lowest BCUT2D eigenvalue weighted by molar-refractivity contribution is 0.0698. The number of carbonyl (C=O) groups is 1. The van der Waals surface area contributed by atoms with Crippen molar-refractivity contribution in [3.05, 3.63) is 47.5 Å². The van der Waals surface area contributed by atoms with E-state index in [9.17, 15) is 4.79 Å². The molecule has 0 bridgehead atoms. The van der Waals surface area contributed by atoms with Crippen LogP contribution in [-0.4, -0.2) is 43.6 Å². The van der Waals surface area contributed by atoms with Gasteiger partial charge in [0.1, 0.15) is 11.5 Å².